The third-order valence-electron chi connectivity index (χ3n) is 3.77. The fourth-order valence-corrected chi connectivity index (χ4v) is 3.52. The maximum Gasteiger partial charge on any atom is 0.252 e. The number of nitrogens with two attached hydrogens (primary N) is 1. The van der Waals surface area contributed by atoms with Gasteiger partial charge in [-0.25, -0.2) is 8.42 Å². The zero-order valence-electron chi connectivity index (χ0n) is 13.8. The highest BCUT2D eigenvalue weighted by atomic mass is 32.2. The van der Waals surface area contributed by atoms with E-state index in [-0.39, 0.29) is 23.0 Å². The van der Waals surface area contributed by atoms with Gasteiger partial charge in [-0.1, -0.05) is 42.5 Å². The highest BCUT2D eigenvalue weighted by Crippen LogP contribution is 2.20. The van der Waals surface area contributed by atoms with Crippen LogP contribution in [0.2, 0.25) is 0 Å². The normalized spacial score (nSPS) is 12.8. The smallest absolute Gasteiger partial charge is 0.252 e. The second-order valence-corrected chi connectivity index (χ2v) is 8.29. The van der Waals surface area contributed by atoms with Gasteiger partial charge in [0.25, 0.3) is 5.91 Å². The molecule has 0 aliphatic carbocycles. The van der Waals surface area contributed by atoms with Gasteiger partial charge in [-0.05, 0) is 31.5 Å². The van der Waals surface area contributed by atoms with E-state index in [0.717, 1.165) is 5.56 Å². The van der Waals surface area contributed by atoms with Crippen LogP contribution in [-0.2, 0) is 9.84 Å². The second-order valence-electron chi connectivity index (χ2n) is 5.82. The minimum Gasteiger partial charge on any atom is -0.350 e. The van der Waals surface area contributed by atoms with Crippen molar-refractivity contribution in [2.75, 3.05) is 6.54 Å². The summed E-state index contributed by atoms with van der Waals surface area (Å²) in [4.78, 5) is 12.5. The van der Waals surface area contributed by atoms with Crippen LogP contribution in [0.5, 0.6) is 0 Å². The van der Waals surface area contributed by atoms with Crippen molar-refractivity contribution in [3.63, 3.8) is 0 Å². The van der Waals surface area contributed by atoms with Crippen molar-refractivity contribution in [3.8, 4) is 0 Å². The molecule has 1 amide bonds. The summed E-state index contributed by atoms with van der Waals surface area (Å²) in [6, 6.07) is 15.3. The van der Waals surface area contributed by atoms with E-state index in [2.05, 4.69) is 5.32 Å². The first-order valence-electron chi connectivity index (χ1n) is 7.75. The van der Waals surface area contributed by atoms with Gasteiger partial charge in [-0.2, -0.15) is 0 Å². The molecular formula is C18H22N2O3S. The predicted molar refractivity (Wildman–Crippen MR) is 94.5 cm³/mol. The van der Waals surface area contributed by atoms with E-state index < -0.39 is 21.0 Å². The molecule has 0 fully saturated rings. The standard InChI is InChI=1S/C18H22N2O3S/c1-13(2)24(22,23)17-11-7-6-10-15(17)18(21)20-12-16(19)14-8-4-3-5-9-14/h3-11,13,16H,12,19H2,1-2H3,(H,20,21). The molecule has 128 valence electrons. The van der Waals surface area contributed by atoms with Crippen molar-refractivity contribution >= 4 is 15.7 Å². The lowest BCUT2D eigenvalue weighted by molar-refractivity contribution is 0.0948. The van der Waals surface area contributed by atoms with Gasteiger partial charge in [0.15, 0.2) is 9.84 Å². The van der Waals surface area contributed by atoms with E-state index in [0.29, 0.717) is 0 Å². The van der Waals surface area contributed by atoms with Crippen LogP contribution in [0, 0.1) is 0 Å². The highest BCUT2D eigenvalue weighted by molar-refractivity contribution is 7.92. The summed E-state index contributed by atoms with van der Waals surface area (Å²) in [5.41, 5.74) is 7.11. The van der Waals surface area contributed by atoms with Crippen molar-refractivity contribution in [2.45, 2.75) is 30.0 Å². The Hall–Kier alpha value is -2.18. The van der Waals surface area contributed by atoms with Gasteiger partial charge in [0.2, 0.25) is 0 Å². The Kier molecular flexibility index (Phi) is 5.75. The van der Waals surface area contributed by atoms with E-state index in [9.17, 15) is 13.2 Å². The first kappa shape index (κ1) is 18.2. The van der Waals surface area contributed by atoms with Gasteiger partial charge in [-0.3, -0.25) is 4.79 Å². The number of nitrogens with one attached hydrogen (secondary N) is 1. The van der Waals surface area contributed by atoms with Crippen LogP contribution in [0.1, 0.15) is 35.8 Å². The molecule has 1 unspecified atom stereocenters. The molecule has 2 aromatic rings. The number of sulfone groups is 1. The summed E-state index contributed by atoms with van der Waals surface area (Å²) in [5, 5.41) is 2.12. The first-order valence-corrected chi connectivity index (χ1v) is 9.30. The molecule has 1 atom stereocenters. The van der Waals surface area contributed by atoms with Crippen molar-refractivity contribution in [3.05, 3.63) is 65.7 Å². The Morgan fingerprint density at radius 1 is 1.04 bits per heavy atom. The lowest BCUT2D eigenvalue weighted by Gasteiger charge is -2.15. The van der Waals surface area contributed by atoms with Crippen LogP contribution < -0.4 is 11.1 Å². The van der Waals surface area contributed by atoms with Crippen LogP contribution in [0.15, 0.2) is 59.5 Å². The summed E-state index contributed by atoms with van der Waals surface area (Å²) in [5.74, 6) is -0.443. The van der Waals surface area contributed by atoms with Gasteiger partial charge >= 0.3 is 0 Å². The summed E-state index contributed by atoms with van der Waals surface area (Å²) >= 11 is 0. The molecular weight excluding hydrogens is 324 g/mol. The first-order chi connectivity index (χ1) is 11.3. The van der Waals surface area contributed by atoms with Crippen LogP contribution in [0.25, 0.3) is 0 Å². The van der Waals surface area contributed by atoms with E-state index in [1.807, 2.05) is 30.3 Å². The van der Waals surface area contributed by atoms with Crippen molar-refractivity contribution in [2.24, 2.45) is 5.73 Å². The third-order valence-corrected chi connectivity index (χ3v) is 5.98. The molecule has 0 saturated heterocycles. The van der Waals surface area contributed by atoms with Gasteiger partial charge in [-0.15, -0.1) is 0 Å². The molecule has 3 N–H and O–H groups in total. The Bertz CT molecular complexity index is 802. The highest BCUT2D eigenvalue weighted by Gasteiger charge is 2.25. The minimum absolute atomic E-state index is 0.0470. The molecule has 0 aliphatic rings. The van der Waals surface area contributed by atoms with Crippen LogP contribution >= 0.6 is 0 Å². The lowest BCUT2D eigenvalue weighted by Crippen LogP contribution is -2.33. The van der Waals surface area contributed by atoms with Crippen molar-refractivity contribution < 1.29 is 13.2 Å². The molecule has 0 bridgehead atoms. The Balaban J connectivity index is 2.17. The number of rotatable bonds is 6. The zero-order valence-corrected chi connectivity index (χ0v) is 14.6. The zero-order chi connectivity index (χ0) is 17.7. The fraction of sp³-hybridized carbons (Fsp3) is 0.278. The van der Waals surface area contributed by atoms with Crippen LogP contribution in [0.4, 0.5) is 0 Å². The number of hydrogen-bond donors (Lipinski definition) is 2. The van der Waals surface area contributed by atoms with E-state index >= 15 is 0 Å². The summed E-state index contributed by atoms with van der Waals surface area (Å²) in [6.07, 6.45) is 0. The third kappa shape index (κ3) is 4.01. The number of amides is 1. The topological polar surface area (TPSA) is 89.3 Å². The van der Waals surface area contributed by atoms with Gasteiger partial charge in [0.1, 0.15) is 0 Å². The molecule has 0 aromatic heterocycles. The minimum atomic E-state index is -3.54. The number of hydrogen-bond acceptors (Lipinski definition) is 4. The predicted octanol–water partition coefficient (Wildman–Crippen LogP) is 2.30. The maximum absolute atomic E-state index is 12.4. The Morgan fingerprint density at radius 3 is 2.25 bits per heavy atom. The van der Waals surface area contributed by atoms with Gasteiger partial charge < -0.3 is 11.1 Å². The molecule has 0 heterocycles. The molecule has 2 aromatic carbocycles. The van der Waals surface area contributed by atoms with Gasteiger partial charge in [0, 0.05) is 12.6 Å². The number of carbonyl (C=O) groups is 1. The Morgan fingerprint density at radius 2 is 1.62 bits per heavy atom. The molecule has 0 spiro atoms. The average Bonchev–Trinajstić information content (AvgIpc) is 2.60. The lowest BCUT2D eigenvalue weighted by atomic mass is 10.1. The van der Waals surface area contributed by atoms with E-state index in [4.69, 9.17) is 5.73 Å². The van der Waals surface area contributed by atoms with Gasteiger partial charge in [0.05, 0.1) is 15.7 Å². The quantitative estimate of drug-likeness (QED) is 0.840. The summed E-state index contributed by atoms with van der Waals surface area (Å²) < 4.78 is 24.8. The molecule has 2 rings (SSSR count). The number of carbonyl (C=O) groups excluding carboxylic acids is 1. The summed E-state index contributed by atoms with van der Waals surface area (Å²) in [6.45, 7) is 3.41. The largest absolute Gasteiger partial charge is 0.350 e. The number of benzene rings is 2. The maximum atomic E-state index is 12.4. The molecule has 5 nitrogen and oxygen atoms in total. The van der Waals surface area contributed by atoms with E-state index in [1.54, 1.807) is 26.0 Å². The SMILES string of the molecule is CC(C)S(=O)(=O)c1ccccc1C(=O)NCC(N)c1ccccc1. The Labute approximate surface area is 142 Å². The molecule has 6 heteroatoms. The van der Waals surface area contributed by atoms with Crippen molar-refractivity contribution in [1.82, 2.24) is 5.32 Å². The van der Waals surface area contributed by atoms with Crippen molar-refractivity contribution in [1.29, 1.82) is 0 Å². The fourth-order valence-electron chi connectivity index (χ4n) is 2.27. The van der Waals surface area contributed by atoms with E-state index in [1.165, 1.54) is 12.1 Å². The molecule has 0 radical (unpaired) electrons. The molecule has 24 heavy (non-hydrogen) atoms. The average molecular weight is 346 g/mol. The second kappa shape index (κ2) is 7.59. The monoisotopic (exact) mass is 346 g/mol. The molecule has 0 saturated carbocycles. The van der Waals surface area contributed by atoms with Crippen LogP contribution in [-0.4, -0.2) is 26.1 Å². The molecule has 0 aliphatic heterocycles. The van der Waals surface area contributed by atoms with Crippen LogP contribution in [0.3, 0.4) is 0 Å². The summed E-state index contributed by atoms with van der Waals surface area (Å²) in [7, 11) is -3.54.